The van der Waals surface area contributed by atoms with E-state index in [2.05, 4.69) is 20.5 Å². The first-order valence-electron chi connectivity index (χ1n) is 7.22. The van der Waals surface area contributed by atoms with Crippen LogP contribution in [0, 0.1) is 6.92 Å². The van der Waals surface area contributed by atoms with Gasteiger partial charge in [-0.2, -0.15) is 13.9 Å². The normalized spacial score (nSPS) is 10.7. The quantitative estimate of drug-likeness (QED) is 0.570. The maximum Gasteiger partial charge on any atom is 0.387 e. The van der Waals surface area contributed by atoms with Gasteiger partial charge in [0.1, 0.15) is 5.75 Å². The zero-order valence-corrected chi connectivity index (χ0v) is 14.5. The van der Waals surface area contributed by atoms with Crippen molar-refractivity contribution in [3.63, 3.8) is 0 Å². The molecule has 0 unspecified atom stereocenters. The standard InChI is InChI=1S/C15H17ClF2N4OS/c1-10-3-4-13(23-14(17)18)12(7-10)21-15(24)19-5-2-6-22-9-11(16)8-20-22/h3-4,7-9,14H,2,5-6H2,1H3,(H2,19,21,24). The fourth-order valence-electron chi connectivity index (χ4n) is 2.01. The summed E-state index contributed by atoms with van der Waals surface area (Å²) in [6, 6.07) is 4.86. The molecule has 0 aliphatic heterocycles. The number of aryl methyl sites for hydroxylation is 2. The SMILES string of the molecule is Cc1ccc(OC(F)F)c(NC(=S)NCCCn2cc(Cl)cn2)c1. The highest BCUT2D eigenvalue weighted by molar-refractivity contribution is 7.80. The van der Waals surface area contributed by atoms with Gasteiger partial charge in [0.2, 0.25) is 0 Å². The van der Waals surface area contributed by atoms with E-state index in [1.54, 1.807) is 29.2 Å². The monoisotopic (exact) mass is 374 g/mol. The van der Waals surface area contributed by atoms with Crippen molar-refractivity contribution in [3.05, 3.63) is 41.2 Å². The lowest BCUT2D eigenvalue weighted by atomic mass is 10.2. The fourth-order valence-corrected chi connectivity index (χ4v) is 2.38. The van der Waals surface area contributed by atoms with E-state index in [9.17, 15) is 8.78 Å². The molecule has 2 aromatic rings. The first-order chi connectivity index (χ1) is 11.4. The molecule has 0 bridgehead atoms. The van der Waals surface area contributed by atoms with Crippen molar-refractivity contribution in [3.8, 4) is 5.75 Å². The van der Waals surface area contributed by atoms with Crippen LogP contribution in [0.2, 0.25) is 5.02 Å². The van der Waals surface area contributed by atoms with Crippen LogP contribution < -0.4 is 15.4 Å². The van der Waals surface area contributed by atoms with Gasteiger partial charge in [-0.15, -0.1) is 0 Å². The number of benzene rings is 1. The van der Waals surface area contributed by atoms with E-state index < -0.39 is 6.61 Å². The van der Waals surface area contributed by atoms with Crippen LogP contribution in [0.3, 0.4) is 0 Å². The molecular formula is C15H17ClF2N4OS. The number of ether oxygens (including phenoxy) is 1. The van der Waals surface area contributed by atoms with Crippen molar-refractivity contribution in [1.29, 1.82) is 0 Å². The number of halogens is 3. The van der Waals surface area contributed by atoms with E-state index in [4.69, 9.17) is 23.8 Å². The van der Waals surface area contributed by atoms with E-state index >= 15 is 0 Å². The first-order valence-corrected chi connectivity index (χ1v) is 8.01. The molecule has 0 aliphatic rings. The summed E-state index contributed by atoms with van der Waals surface area (Å²) < 4.78 is 31.1. The second-order valence-electron chi connectivity index (χ2n) is 5.03. The van der Waals surface area contributed by atoms with E-state index in [1.807, 2.05) is 6.92 Å². The lowest BCUT2D eigenvalue weighted by Crippen LogP contribution is -2.30. The second-order valence-corrected chi connectivity index (χ2v) is 5.88. The molecule has 2 rings (SSSR count). The fraction of sp³-hybridized carbons (Fsp3) is 0.333. The van der Waals surface area contributed by atoms with Gasteiger partial charge in [0.25, 0.3) is 0 Å². The van der Waals surface area contributed by atoms with Crippen LogP contribution in [0.15, 0.2) is 30.6 Å². The Morgan fingerprint density at radius 3 is 2.92 bits per heavy atom. The molecule has 9 heteroatoms. The number of aromatic nitrogens is 2. The van der Waals surface area contributed by atoms with Gasteiger partial charge >= 0.3 is 6.61 Å². The lowest BCUT2D eigenvalue weighted by molar-refractivity contribution is -0.0493. The molecule has 1 aromatic carbocycles. The summed E-state index contributed by atoms with van der Waals surface area (Å²) in [6.07, 6.45) is 4.08. The van der Waals surface area contributed by atoms with Gasteiger partial charge in [0, 0.05) is 19.3 Å². The molecule has 0 saturated carbocycles. The van der Waals surface area contributed by atoms with Crippen molar-refractivity contribution in [2.75, 3.05) is 11.9 Å². The molecule has 1 aromatic heterocycles. The lowest BCUT2D eigenvalue weighted by Gasteiger charge is -2.15. The van der Waals surface area contributed by atoms with E-state index in [-0.39, 0.29) is 5.75 Å². The molecule has 5 nitrogen and oxygen atoms in total. The van der Waals surface area contributed by atoms with Crippen LogP contribution in [-0.2, 0) is 6.54 Å². The minimum atomic E-state index is -2.89. The van der Waals surface area contributed by atoms with Crippen molar-refractivity contribution >= 4 is 34.6 Å². The number of nitrogens with one attached hydrogen (secondary N) is 2. The maximum atomic E-state index is 12.4. The third kappa shape index (κ3) is 5.93. The Kier molecular flexibility index (Phi) is 6.74. The van der Waals surface area contributed by atoms with Gasteiger partial charge in [0.15, 0.2) is 5.11 Å². The van der Waals surface area contributed by atoms with Crippen LogP contribution in [-0.4, -0.2) is 28.0 Å². The molecule has 24 heavy (non-hydrogen) atoms. The molecule has 0 saturated heterocycles. The Balaban J connectivity index is 1.82. The Labute approximate surface area is 148 Å². The summed E-state index contributed by atoms with van der Waals surface area (Å²) in [5, 5.41) is 10.9. The summed E-state index contributed by atoms with van der Waals surface area (Å²) in [4.78, 5) is 0. The van der Waals surface area contributed by atoms with Gasteiger partial charge in [-0.3, -0.25) is 4.68 Å². The van der Waals surface area contributed by atoms with Crippen LogP contribution in [0.25, 0.3) is 0 Å². The summed E-state index contributed by atoms with van der Waals surface area (Å²) in [5.41, 5.74) is 1.30. The molecule has 130 valence electrons. The van der Waals surface area contributed by atoms with Crippen LogP contribution in [0.1, 0.15) is 12.0 Å². The predicted molar refractivity (Wildman–Crippen MR) is 93.9 cm³/mol. The van der Waals surface area contributed by atoms with Crippen molar-refractivity contribution in [2.45, 2.75) is 26.5 Å². The molecule has 0 amide bonds. The van der Waals surface area contributed by atoms with Gasteiger partial charge in [-0.1, -0.05) is 17.7 Å². The van der Waals surface area contributed by atoms with Crippen LogP contribution in [0.4, 0.5) is 14.5 Å². The molecule has 0 spiro atoms. The maximum absolute atomic E-state index is 12.4. The third-order valence-corrected chi connectivity index (χ3v) is 3.49. The number of hydrogen-bond acceptors (Lipinski definition) is 3. The number of nitrogens with zero attached hydrogens (tertiary/aromatic N) is 2. The molecule has 0 fully saturated rings. The molecule has 2 N–H and O–H groups in total. The molecule has 0 aliphatic carbocycles. The van der Waals surface area contributed by atoms with Crippen molar-refractivity contribution in [1.82, 2.24) is 15.1 Å². The predicted octanol–water partition coefficient (Wildman–Crippen LogP) is 3.82. The number of alkyl halides is 2. The average Bonchev–Trinajstić information content (AvgIpc) is 2.92. The van der Waals surface area contributed by atoms with Gasteiger partial charge in [0.05, 0.1) is 16.9 Å². The minimum absolute atomic E-state index is 0.0472. The highest BCUT2D eigenvalue weighted by Gasteiger charge is 2.11. The van der Waals surface area contributed by atoms with Gasteiger partial charge in [-0.25, -0.2) is 0 Å². The highest BCUT2D eigenvalue weighted by atomic mass is 35.5. The number of thiocarbonyl (C=S) groups is 1. The topological polar surface area (TPSA) is 51.1 Å². The zero-order chi connectivity index (χ0) is 17.5. The van der Waals surface area contributed by atoms with Crippen molar-refractivity contribution in [2.24, 2.45) is 0 Å². The third-order valence-electron chi connectivity index (χ3n) is 3.05. The molecule has 1 heterocycles. The summed E-state index contributed by atoms with van der Waals surface area (Å²) in [7, 11) is 0. The van der Waals surface area contributed by atoms with E-state index in [1.165, 1.54) is 6.07 Å². The Morgan fingerprint density at radius 1 is 1.46 bits per heavy atom. The molecule has 0 radical (unpaired) electrons. The van der Waals surface area contributed by atoms with Crippen molar-refractivity contribution < 1.29 is 13.5 Å². The van der Waals surface area contributed by atoms with Crippen LogP contribution in [0.5, 0.6) is 5.75 Å². The van der Waals surface area contributed by atoms with Crippen LogP contribution >= 0.6 is 23.8 Å². The summed E-state index contributed by atoms with van der Waals surface area (Å²) >= 11 is 11.0. The Morgan fingerprint density at radius 2 is 2.25 bits per heavy atom. The van der Waals surface area contributed by atoms with E-state index in [0.717, 1.165) is 12.0 Å². The Bertz CT molecular complexity index is 696. The van der Waals surface area contributed by atoms with Gasteiger partial charge < -0.3 is 15.4 Å². The zero-order valence-electron chi connectivity index (χ0n) is 12.9. The summed E-state index contributed by atoms with van der Waals surface area (Å²) in [5.74, 6) is 0.0472. The number of anilines is 1. The first kappa shape index (κ1) is 18.4. The van der Waals surface area contributed by atoms with E-state index in [0.29, 0.717) is 28.9 Å². The minimum Gasteiger partial charge on any atom is -0.433 e. The molecular weight excluding hydrogens is 358 g/mol. The number of hydrogen-bond donors (Lipinski definition) is 2. The number of rotatable bonds is 7. The average molecular weight is 375 g/mol. The summed E-state index contributed by atoms with van der Waals surface area (Å²) in [6.45, 7) is 0.242. The smallest absolute Gasteiger partial charge is 0.387 e. The second kappa shape index (κ2) is 8.79. The highest BCUT2D eigenvalue weighted by Crippen LogP contribution is 2.27. The van der Waals surface area contributed by atoms with Gasteiger partial charge in [-0.05, 0) is 43.3 Å². The molecule has 0 atom stereocenters. The Hall–Kier alpha value is -1.93. The largest absolute Gasteiger partial charge is 0.433 e.